The third kappa shape index (κ3) is 2.41. The molecule has 1 aromatic carbocycles. The number of aromatic nitrogens is 7. The van der Waals surface area contributed by atoms with Gasteiger partial charge in [-0.25, -0.2) is 14.2 Å². The number of ether oxygens (including phenoxy) is 1. The summed E-state index contributed by atoms with van der Waals surface area (Å²) in [5.74, 6) is 0.960. The van der Waals surface area contributed by atoms with E-state index in [2.05, 4.69) is 25.5 Å². The summed E-state index contributed by atoms with van der Waals surface area (Å²) in [6, 6.07) is 13.5. The summed E-state index contributed by atoms with van der Waals surface area (Å²) in [7, 11) is 1.76. The first-order valence-electron chi connectivity index (χ1n) is 7.27. The molecule has 0 fully saturated rings. The molecule has 2 N–H and O–H groups in total. The Hall–Kier alpha value is -3.49. The van der Waals surface area contributed by atoms with Gasteiger partial charge in [-0.15, -0.1) is 0 Å². The maximum Gasteiger partial charge on any atom is 0.305 e. The van der Waals surface area contributed by atoms with Crippen LogP contribution in [0, 0.1) is 0 Å². The van der Waals surface area contributed by atoms with Gasteiger partial charge in [-0.1, -0.05) is 23.3 Å². The van der Waals surface area contributed by atoms with Crippen molar-refractivity contribution < 1.29 is 4.74 Å². The fourth-order valence-corrected chi connectivity index (χ4v) is 2.43. The number of imidazole rings is 1. The van der Waals surface area contributed by atoms with Crippen LogP contribution in [-0.2, 0) is 13.7 Å². The number of benzene rings is 1. The molecule has 0 atom stereocenters. The summed E-state index contributed by atoms with van der Waals surface area (Å²) in [5.41, 5.74) is 8.05. The highest BCUT2D eigenvalue weighted by Crippen LogP contribution is 2.25. The van der Waals surface area contributed by atoms with E-state index in [1.54, 1.807) is 22.4 Å². The lowest BCUT2D eigenvalue weighted by molar-refractivity contribution is 0.272. The summed E-state index contributed by atoms with van der Waals surface area (Å²) in [4.78, 5) is 8.74. The van der Waals surface area contributed by atoms with E-state index in [4.69, 9.17) is 10.5 Å². The second-order valence-corrected chi connectivity index (χ2v) is 5.16. The molecule has 24 heavy (non-hydrogen) atoms. The van der Waals surface area contributed by atoms with E-state index >= 15 is 0 Å². The molecule has 3 aromatic heterocycles. The van der Waals surface area contributed by atoms with Gasteiger partial charge in [-0.05, 0) is 34.7 Å². The van der Waals surface area contributed by atoms with Gasteiger partial charge in [0.15, 0.2) is 0 Å². The highest BCUT2D eigenvalue weighted by molar-refractivity contribution is 5.78. The first kappa shape index (κ1) is 14.1. The zero-order valence-corrected chi connectivity index (χ0v) is 12.9. The van der Waals surface area contributed by atoms with Crippen molar-refractivity contribution in [2.24, 2.45) is 7.05 Å². The number of pyridine rings is 1. The molecule has 0 aliphatic heterocycles. The quantitative estimate of drug-likeness (QED) is 0.599. The molecule has 3 heterocycles. The van der Waals surface area contributed by atoms with Crippen molar-refractivity contribution in [3.8, 4) is 12.0 Å². The van der Waals surface area contributed by atoms with Gasteiger partial charge in [-0.2, -0.15) is 4.98 Å². The molecular formula is C15H14N8O. The summed E-state index contributed by atoms with van der Waals surface area (Å²) in [6.45, 7) is 0.236. The van der Waals surface area contributed by atoms with E-state index < -0.39 is 0 Å². The number of aryl methyl sites for hydroxylation is 1. The molecule has 0 radical (unpaired) electrons. The van der Waals surface area contributed by atoms with Crippen LogP contribution >= 0.6 is 0 Å². The minimum Gasteiger partial charge on any atom is -0.458 e. The molecule has 9 heteroatoms. The third-order valence-electron chi connectivity index (χ3n) is 3.51. The van der Waals surface area contributed by atoms with Gasteiger partial charge >= 0.3 is 6.01 Å². The molecule has 0 aliphatic carbocycles. The highest BCUT2D eigenvalue weighted by Gasteiger charge is 2.18. The molecule has 4 aromatic rings. The van der Waals surface area contributed by atoms with Crippen molar-refractivity contribution >= 4 is 16.9 Å². The van der Waals surface area contributed by atoms with Crippen LogP contribution in [0.2, 0.25) is 0 Å². The van der Waals surface area contributed by atoms with Crippen LogP contribution in [0.3, 0.4) is 0 Å². The average molecular weight is 322 g/mol. The summed E-state index contributed by atoms with van der Waals surface area (Å²) in [6.07, 6.45) is 0. The van der Waals surface area contributed by atoms with Crippen LogP contribution < -0.4 is 10.5 Å². The van der Waals surface area contributed by atoms with E-state index in [-0.39, 0.29) is 6.61 Å². The van der Waals surface area contributed by atoms with Gasteiger partial charge in [0, 0.05) is 7.05 Å². The minimum atomic E-state index is 0.236. The van der Waals surface area contributed by atoms with Crippen molar-refractivity contribution in [2.75, 3.05) is 5.73 Å². The molecule has 0 saturated heterocycles. The minimum absolute atomic E-state index is 0.236. The van der Waals surface area contributed by atoms with E-state index in [0.717, 1.165) is 11.0 Å². The number of hydrogen-bond acceptors (Lipinski definition) is 7. The molecule has 0 unspecified atom stereocenters. The van der Waals surface area contributed by atoms with Crippen molar-refractivity contribution in [1.82, 2.24) is 34.7 Å². The molecule has 9 nitrogen and oxygen atoms in total. The van der Waals surface area contributed by atoms with Gasteiger partial charge in [-0.3, -0.25) is 0 Å². The van der Waals surface area contributed by atoms with Crippen molar-refractivity contribution in [3.63, 3.8) is 0 Å². The maximum atomic E-state index is 5.87. The van der Waals surface area contributed by atoms with Gasteiger partial charge in [0.1, 0.15) is 12.4 Å². The fraction of sp³-hybridized carbons (Fsp3) is 0.133. The lowest BCUT2D eigenvalue weighted by atomic mass is 10.3. The Bertz CT molecular complexity index is 1010. The first-order valence-corrected chi connectivity index (χ1v) is 7.27. The largest absolute Gasteiger partial charge is 0.458 e. The van der Waals surface area contributed by atoms with Crippen LogP contribution in [0.25, 0.3) is 17.0 Å². The van der Waals surface area contributed by atoms with E-state index in [0.29, 0.717) is 23.5 Å². The monoisotopic (exact) mass is 322 g/mol. The second-order valence-electron chi connectivity index (χ2n) is 5.16. The Morgan fingerprint density at radius 3 is 2.75 bits per heavy atom. The number of para-hydroxylation sites is 2. The second kappa shape index (κ2) is 5.61. The van der Waals surface area contributed by atoms with Crippen LogP contribution in [0.4, 0.5) is 5.82 Å². The van der Waals surface area contributed by atoms with Crippen molar-refractivity contribution in [1.29, 1.82) is 0 Å². The van der Waals surface area contributed by atoms with Crippen molar-refractivity contribution in [2.45, 2.75) is 6.61 Å². The number of tetrazole rings is 1. The van der Waals surface area contributed by atoms with Crippen LogP contribution in [0.5, 0.6) is 6.01 Å². The van der Waals surface area contributed by atoms with E-state index in [1.807, 2.05) is 36.4 Å². The first-order chi connectivity index (χ1) is 11.7. The number of hydrogen-bond donors (Lipinski definition) is 1. The van der Waals surface area contributed by atoms with Gasteiger partial charge in [0.25, 0.3) is 5.95 Å². The molecule has 120 valence electrons. The van der Waals surface area contributed by atoms with Gasteiger partial charge < -0.3 is 10.5 Å². The SMILES string of the molecule is Cn1nnnc1-n1c(OCc2cccc(N)n2)nc2ccccc21. The average Bonchev–Trinajstić information content (AvgIpc) is 3.15. The molecule has 0 bridgehead atoms. The Balaban J connectivity index is 1.76. The van der Waals surface area contributed by atoms with E-state index in [1.165, 1.54) is 0 Å². The summed E-state index contributed by atoms with van der Waals surface area (Å²) in [5, 5.41) is 11.6. The molecule has 0 saturated carbocycles. The standard InChI is InChI=1S/C15H14N8O/c1-22-14(19-20-21-22)23-12-7-3-2-6-11(12)18-15(23)24-9-10-5-4-8-13(16)17-10/h2-8H,9H2,1H3,(H2,16,17). The topological polar surface area (TPSA) is 110 Å². The van der Waals surface area contributed by atoms with Gasteiger partial charge in [0.2, 0.25) is 0 Å². The molecule has 4 rings (SSSR count). The lowest BCUT2D eigenvalue weighted by Crippen LogP contribution is -2.08. The molecule has 0 amide bonds. The maximum absolute atomic E-state index is 5.87. The molecular weight excluding hydrogens is 308 g/mol. The number of anilines is 1. The summed E-state index contributed by atoms with van der Waals surface area (Å²) < 4.78 is 9.19. The molecule has 0 aliphatic rings. The number of nitrogen functional groups attached to an aromatic ring is 1. The van der Waals surface area contributed by atoms with Crippen LogP contribution in [0.15, 0.2) is 42.5 Å². The number of rotatable bonds is 4. The predicted molar refractivity (Wildman–Crippen MR) is 86.4 cm³/mol. The van der Waals surface area contributed by atoms with Gasteiger partial charge in [0.05, 0.1) is 16.7 Å². The Kier molecular flexibility index (Phi) is 3.30. The Morgan fingerprint density at radius 2 is 1.96 bits per heavy atom. The zero-order valence-electron chi connectivity index (χ0n) is 12.9. The Labute approximate surface area is 136 Å². The van der Waals surface area contributed by atoms with Crippen LogP contribution in [-0.4, -0.2) is 34.7 Å². The third-order valence-corrected chi connectivity index (χ3v) is 3.51. The highest BCUT2D eigenvalue weighted by atomic mass is 16.5. The zero-order chi connectivity index (χ0) is 16.5. The lowest BCUT2D eigenvalue weighted by Gasteiger charge is -2.08. The fourth-order valence-electron chi connectivity index (χ4n) is 2.43. The Morgan fingerprint density at radius 1 is 1.08 bits per heavy atom. The van der Waals surface area contributed by atoms with Crippen LogP contribution in [0.1, 0.15) is 5.69 Å². The predicted octanol–water partition coefficient (Wildman–Crippen LogP) is 1.11. The summed E-state index contributed by atoms with van der Waals surface area (Å²) >= 11 is 0. The normalized spacial score (nSPS) is 11.0. The number of nitrogens with two attached hydrogens (primary N) is 1. The van der Waals surface area contributed by atoms with Crippen molar-refractivity contribution in [3.05, 3.63) is 48.2 Å². The smallest absolute Gasteiger partial charge is 0.305 e. The number of nitrogens with zero attached hydrogens (tertiary/aromatic N) is 7. The van der Waals surface area contributed by atoms with E-state index in [9.17, 15) is 0 Å². The number of fused-ring (bicyclic) bond motifs is 1. The molecule has 0 spiro atoms.